The van der Waals surface area contributed by atoms with E-state index in [1.54, 1.807) is 11.8 Å². The van der Waals surface area contributed by atoms with Crippen molar-refractivity contribution in [2.45, 2.75) is 42.6 Å². The highest BCUT2D eigenvalue weighted by atomic mass is 32.2. The second kappa shape index (κ2) is 8.08. The highest BCUT2D eigenvalue weighted by Crippen LogP contribution is 2.48. The monoisotopic (exact) mass is 453 g/mol. The molecule has 0 atom stereocenters. The highest BCUT2D eigenvalue weighted by Gasteiger charge is 2.28. The van der Waals surface area contributed by atoms with Crippen LogP contribution in [-0.2, 0) is 24.3 Å². The molecule has 0 radical (unpaired) electrons. The van der Waals surface area contributed by atoms with Crippen molar-refractivity contribution < 1.29 is 4.79 Å². The molecule has 1 aromatic heterocycles. The Balaban J connectivity index is 1.36. The van der Waals surface area contributed by atoms with Crippen molar-refractivity contribution in [3.05, 3.63) is 83.6 Å². The molecule has 0 N–H and O–H groups in total. The predicted molar refractivity (Wildman–Crippen MR) is 135 cm³/mol. The molecule has 0 spiro atoms. The summed E-state index contributed by atoms with van der Waals surface area (Å²) >= 11 is 1.74. The van der Waals surface area contributed by atoms with Gasteiger partial charge in [0.15, 0.2) is 0 Å². The summed E-state index contributed by atoms with van der Waals surface area (Å²) in [5, 5.41) is 1.34. The molecule has 6 rings (SSSR count). The number of rotatable bonds is 3. The van der Waals surface area contributed by atoms with Crippen molar-refractivity contribution in [3.63, 3.8) is 0 Å². The number of aryl methyl sites for hydroxylation is 2. The van der Waals surface area contributed by atoms with E-state index in [4.69, 9.17) is 0 Å². The number of hydrogen-bond acceptors (Lipinski definition) is 3. The van der Waals surface area contributed by atoms with E-state index in [0.29, 0.717) is 13.0 Å². The minimum atomic E-state index is 0.144. The second-order valence-corrected chi connectivity index (χ2v) is 10.2. The zero-order valence-electron chi connectivity index (χ0n) is 19.0. The summed E-state index contributed by atoms with van der Waals surface area (Å²) in [6, 6.07) is 23.2. The van der Waals surface area contributed by atoms with Gasteiger partial charge in [-0.15, -0.1) is 0 Å². The van der Waals surface area contributed by atoms with Crippen LogP contribution >= 0.6 is 11.8 Å². The quantitative estimate of drug-likeness (QED) is 0.372. The Hall–Kier alpha value is -3.02. The average molecular weight is 454 g/mol. The van der Waals surface area contributed by atoms with Crippen LogP contribution in [0.1, 0.15) is 23.2 Å². The SMILES string of the molecule is Cc1ccc2c(c1)c1c(n2CCC(=O)N2c3ccccc3Sc3ccccc32)CCN(C)C1. The summed E-state index contributed by atoms with van der Waals surface area (Å²) in [5.41, 5.74) is 7.34. The first kappa shape index (κ1) is 20.6. The Kier molecular flexibility index (Phi) is 5.04. The normalized spacial score (nSPS) is 15.3. The van der Waals surface area contributed by atoms with Crippen LogP contribution in [0.25, 0.3) is 10.9 Å². The summed E-state index contributed by atoms with van der Waals surface area (Å²) in [5.74, 6) is 0.144. The highest BCUT2D eigenvalue weighted by molar-refractivity contribution is 7.99. The molecule has 0 fully saturated rings. The average Bonchev–Trinajstić information content (AvgIpc) is 3.12. The maximum Gasteiger partial charge on any atom is 0.233 e. The van der Waals surface area contributed by atoms with Crippen molar-refractivity contribution in [3.8, 4) is 0 Å². The molecule has 0 saturated carbocycles. The van der Waals surface area contributed by atoms with Crippen LogP contribution in [0.4, 0.5) is 11.4 Å². The van der Waals surface area contributed by atoms with Gasteiger partial charge in [-0.05, 0) is 55.9 Å². The van der Waals surface area contributed by atoms with Gasteiger partial charge in [0.05, 0.1) is 11.4 Å². The number of likely N-dealkylation sites (N-methyl/N-ethyl adjacent to an activating group) is 1. The molecule has 1 amide bonds. The number of amides is 1. The van der Waals surface area contributed by atoms with Crippen molar-refractivity contribution in [1.82, 2.24) is 9.47 Å². The summed E-state index contributed by atoms with van der Waals surface area (Å²) in [6.45, 7) is 4.88. The van der Waals surface area contributed by atoms with Crippen LogP contribution in [-0.4, -0.2) is 29.0 Å². The number of benzene rings is 3. The lowest BCUT2D eigenvalue weighted by Gasteiger charge is -2.31. The van der Waals surface area contributed by atoms with E-state index in [9.17, 15) is 4.79 Å². The lowest BCUT2D eigenvalue weighted by molar-refractivity contribution is -0.118. The van der Waals surface area contributed by atoms with E-state index in [1.165, 1.54) is 27.7 Å². The summed E-state index contributed by atoms with van der Waals surface area (Å²) in [6.07, 6.45) is 1.49. The summed E-state index contributed by atoms with van der Waals surface area (Å²) < 4.78 is 2.41. The van der Waals surface area contributed by atoms with E-state index >= 15 is 0 Å². The van der Waals surface area contributed by atoms with E-state index in [-0.39, 0.29) is 5.91 Å². The first-order valence-electron chi connectivity index (χ1n) is 11.6. The van der Waals surface area contributed by atoms with Gasteiger partial charge >= 0.3 is 0 Å². The first-order valence-corrected chi connectivity index (χ1v) is 12.4. The van der Waals surface area contributed by atoms with Crippen LogP contribution in [0.5, 0.6) is 0 Å². The van der Waals surface area contributed by atoms with Gasteiger partial charge in [-0.2, -0.15) is 0 Å². The third-order valence-corrected chi connectivity index (χ3v) is 7.96. The van der Waals surface area contributed by atoms with E-state index in [0.717, 1.165) is 40.7 Å². The summed E-state index contributed by atoms with van der Waals surface area (Å²) in [4.78, 5) is 20.3. The van der Waals surface area contributed by atoms with E-state index < -0.39 is 0 Å². The Morgan fingerprint density at radius 2 is 1.67 bits per heavy atom. The van der Waals surface area contributed by atoms with Gasteiger partial charge in [0.1, 0.15) is 0 Å². The molecule has 0 bridgehead atoms. The molecular weight excluding hydrogens is 426 g/mol. The second-order valence-electron chi connectivity index (χ2n) is 9.10. The van der Waals surface area contributed by atoms with Gasteiger partial charge in [-0.1, -0.05) is 47.7 Å². The number of aromatic nitrogens is 1. The fourth-order valence-corrected chi connectivity index (χ4v) is 6.30. The van der Waals surface area contributed by atoms with Gasteiger partial charge < -0.3 is 9.47 Å². The van der Waals surface area contributed by atoms with Gasteiger partial charge in [0.25, 0.3) is 0 Å². The van der Waals surface area contributed by atoms with Crippen LogP contribution in [0.15, 0.2) is 76.5 Å². The minimum Gasteiger partial charge on any atom is -0.344 e. The summed E-state index contributed by atoms with van der Waals surface area (Å²) in [7, 11) is 2.19. The standard InChI is InChI=1S/C28H27N3OS/c1-19-11-12-22-20(17-19)21-18-29(2)15-13-23(21)30(22)16-14-28(32)31-24-7-3-5-9-26(24)33-27-10-6-4-8-25(27)31/h3-12,17H,13-16,18H2,1-2H3. The van der Waals surface area contributed by atoms with Gasteiger partial charge in [0.2, 0.25) is 5.91 Å². The van der Waals surface area contributed by atoms with Gasteiger partial charge in [-0.3, -0.25) is 9.69 Å². The third-order valence-electron chi connectivity index (χ3n) is 6.83. The third kappa shape index (κ3) is 3.47. The predicted octanol–water partition coefficient (Wildman–Crippen LogP) is 6.16. The van der Waals surface area contributed by atoms with Gasteiger partial charge in [0, 0.05) is 58.9 Å². The molecular formula is C28H27N3OS. The zero-order valence-corrected chi connectivity index (χ0v) is 19.9. The molecule has 4 nitrogen and oxygen atoms in total. The topological polar surface area (TPSA) is 28.5 Å². The Labute approximate surface area is 198 Å². The molecule has 3 aromatic carbocycles. The van der Waals surface area contributed by atoms with Crippen molar-refractivity contribution in [2.24, 2.45) is 0 Å². The van der Waals surface area contributed by atoms with Crippen molar-refractivity contribution in [2.75, 3.05) is 18.5 Å². The molecule has 166 valence electrons. The lowest BCUT2D eigenvalue weighted by atomic mass is 10.0. The van der Waals surface area contributed by atoms with Crippen LogP contribution in [0.3, 0.4) is 0 Å². The van der Waals surface area contributed by atoms with Crippen molar-refractivity contribution in [1.29, 1.82) is 0 Å². The Bertz CT molecular complexity index is 1340. The molecule has 3 heterocycles. The van der Waals surface area contributed by atoms with E-state index in [1.807, 2.05) is 29.2 Å². The first-order chi connectivity index (χ1) is 16.1. The van der Waals surface area contributed by atoms with Crippen LogP contribution in [0.2, 0.25) is 0 Å². The smallest absolute Gasteiger partial charge is 0.233 e. The van der Waals surface area contributed by atoms with Crippen LogP contribution in [0, 0.1) is 6.92 Å². The van der Waals surface area contributed by atoms with E-state index in [2.05, 4.69) is 65.9 Å². The molecule has 5 heteroatoms. The van der Waals surface area contributed by atoms with Crippen molar-refractivity contribution >= 4 is 39.9 Å². The zero-order chi connectivity index (χ0) is 22.5. The number of carbonyl (C=O) groups is 1. The molecule has 2 aliphatic rings. The number of hydrogen-bond donors (Lipinski definition) is 0. The largest absolute Gasteiger partial charge is 0.344 e. The molecule has 0 saturated heterocycles. The molecule has 33 heavy (non-hydrogen) atoms. The number of para-hydroxylation sites is 2. The fraction of sp³-hybridized carbons (Fsp3) is 0.250. The maximum absolute atomic E-state index is 13.7. The fourth-order valence-electron chi connectivity index (χ4n) is 5.25. The number of anilines is 2. The molecule has 0 unspecified atom stereocenters. The van der Waals surface area contributed by atoms with Gasteiger partial charge in [-0.25, -0.2) is 0 Å². The number of nitrogens with zero attached hydrogens (tertiary/aromatic N) is 3. The molecule has 2 aliphatic heterocycles. The lowest BCUT2D eigenvalue weighted by Crippen LogP contribution is -2.30. The maximum atomic E-state index is 13.7. The Morgan fingerprint density at radius 1 is 0.970 bits per heavy atom. The number of fused-ring (bicyclic) bond motifs is 5. The molecule has 4 aromatic rings. The number of carbonyl (C=O) groups excluding carboxylic acids is 1. The molecule has 0 aliphatic carbocycles. The Morgan fingerprint density at radius 3 is 2.39 bits per heavy atom. The van der Waals surface area contributed by atoms with Crippen LogP contribution < -0.4 is 4.90 Å². The minimum absolute atomic E-state index is 0.144.